The average Bonchev–Trinajstić information content (AvgIpc) is 2.88. The largest absolute Gasteiger partial charge is 0.441 e. The van der Waals surface area contributed by atoms with E-state index in [1.54, 1.807) is 0 Å². The second kappa shape index (κ2) is 3.95. The second-order valence-corrected chi connectivity index (χ2v) is 4.44. The molecule has 1 aromatic carbocycles. The van der Waals surface area contributed by atoms with Gasteiger partial charge in [-0.15, -0.1) is 0 Å². The van der Waals surface area contributed by atoms with Crippen molar-refractivity contribution in [3.63, 3.8) is 0 Å². The molecule has 19 heavy (non-hydrogen) atoms. The van der Waals surface area contributed by atoms with Gasteiger partial charge in [-0.1, -0.05) is 6.07 Å². The van der Waals surface area contributed by atoms with Crippen molar-refractivity contribution in [1.29, 1.82) is 5.26 Å². The molecule has 2 heterocycles. The molecule has 3 rings (SSSR count). The molecular weight excluding hydrogens is 240 g/mol. The normalized spacial score (nSPS) is 10.8. The number of nitriles is 1. The van der Waals surface area contributed by atoms with Gasteiger partial charge in [0.05, 0.1) is 5.69 Å². The van der Waals surface area contributed by atoms with Crippen LogP contribution in [0.1, 0.15) is 17.4 Å². The summed E-state index contributed by atoms with van der Waals surface area (Å²) in [5.74, 6) is 1.44. The summed E-state index contributed by atoms with van der Waals surface area (Å²) in [4.78, 5) is 8.51. The maximum Gasteiger partial charge on any atom is 0.192 e. The summed E-state index contributed by atoms with van der Waals surface area (Å²) in [6, 6.07) is 7.85. The van der Waals surface area contributed by atoms with Crippen LogP contribution >= 0.6 is 0 Å². The molecule has 0 atom stereocenters. The van der Waals surface area contributed by atoms with Gasteiger partial charge in [-0.05, 0) is 19.1 Å². The molecule has 0 saturated heterocycles. The van der Waals surface area contributed by atoms with Gasteiger partial charge in [0.1, 0.15) is 17.4 Å². The van der Waals surface area contributed by atoms with Gasteiger partial charge >= 0.3 is 0 Å². The molecule has 0 amide bonds. The van der Waals surface area contributed by atoms with Crippen LogP contribution in [0.5, 0.6) is 0 Å². The first-order valence-corrected chi connectivity index (χ1v) is 5.91. The highest BCUT2D eigenvalue weighted by molar-refractivity contribution is 5.80. The first-order chi connectivity index (χ1) is 9.10. The molecule has 5 heteroatoms. The lowest BCUT2D eigenvalue weighted by Gasteiger charge is -2.03. The fourth-order valence-corrected chi connectivity index (χ4v) is 2.21. The SMILES string of the molecule is Cc1nc2ccc(-c3c(C#N)nc(C)n3C)cc2o1. The summed E-state index contributed by atoms with van der Waals surface area (Å²) >= 11 is 0. The Bertz CT molecular complexity index is 820. The second-order valence-electron chi connectivity index (χ2n) is 4.44. The first-order valence-electron chi connectivity index (χ1n) is 5.91. The maximum atomic E-state index is 9.17. The summed E-state index contributed by atoms with van der Waals surface area (Å²) in [5, 5.41) is 9.17. The van der Waals surface area contributed by atoms with E-state index in [0.29, 0.717) is 11.6 Å². The number of aryl methyl sites for hydroxylation is 2. The van der Waals surface area contributed by atoms with E-state index in [9.17, 15) is 5.26 Å². The molecule has 0 aliphatic heterocycles. The van der Waals surface area contributed by atoms with Gasteiger partial charge in [0.2, 0.25) is 0 Å². The van der Waals surface area contributed by atoms with E-state index in [4.69, 9.17) is 4.42 Å². The lowest BCUT2D eigenvalue weighted by molar-refractivity contribution is 0.561. The Morgan fingerprint density at radius 3 is 2.79 bits per heavy atom. The van der Waals surface area contributed by atoms with Gasteiger partial charge in [0.25, 0.3) is 0 Å². The van der Waals surface area contributed by atoms with Crippen molar-refractivity contribution >= 4 is 11.1 Å². The van der Waals surface area contributed by atoms with Crippen LogP contribution < -0.4 is 0 Å². The number of oxazole rings is 1. The fraction of sp³-hybridized carbons (Fsp3) is 0.214. The molecule has 0 fully saturated rings. The third-order valence-electron chi connectivity index (χ3n) is 3.19. The van der Waals surface area contributed by atoms with Crippen LogP contribution in [-0.2, 0) is 7.05 Å². The molecule has 0 bridgehead atoms. The van der Waals surface area contributed by atoms with Crippen LogP contribution in [0.2, 0.25) is 0 Å². The quantitative estimate of drug-likeness (QED) is 0.667. The molecular formula is C14H12N4O. The van der Waals surface area contributed by atoms with Crippen LogP contribution in [0.3, 0.4) is 0 Å². The number of aromatic nitrogens is 3. The third-order valence-corrected chi connectivity index (χ3v) is 3.19. The molecule has 0 unspecified atom stereocenters. The Morgan fingerprint density at radius 1 is 1.26 bits per heavy atom. The molecule has 0 N–H and O–H groups in total. The van der Waals surface area contributed by atoms with E-state index in [0.717, 1.165) is 28.2 Å². The lowest BCUT2D eigenvalue weighted by Crippen LogP contribution is -1.94. The minimum atomic E-state index is 0.426. The summed E-state index contributed by atoms with van der Waals surface area (Å²) in [5.41, 5.74) is 3.67. The van der Waals surface area contributed by atoms with Crippen molar-refractivity contribution in [2.75, 3.05) is 0 Å². The van der Waals surface area contributed by atoms with Crippen molar-refractivity contribution in [1.82, 2.24) is 14.5 Å². The Balaban J connectivity index is 2.27. The minimum absolute atomic E-state index is 0.426. The number of hydrogen-bond donors (Lipinski definition) is 0. The lowest BCUT2D eigenvalue weighted by atomic mass is 10.1. The number of hydrogen-bond acceptors (Lipinski definition) is 4. The molecule has 94 valence electrons. The van der Waals surface area contributed by atoms with E-state index in [-0.39, 0.29) is 0 Å². The van der Waals surface area contributed by atoms with Gasteiger partial charge in [-0.2, -0.15) is 5.26 Å². The fourth-order valence-electron chi connectivity index (χ4n) is 2.21. The predicted octanol–water partition coefficient (Wildman–Crippen LogP) is 2.72. The first kappa shape index (κ1) is 11.5. The average molecular weight is 252 g/mol. The highest BCUT2D eigenvalue weighted by Crippen LogP contribution is 2.27. The zero-order chi connectivity index (χ0) is 13.6. The Labute approximate surface area is 110 Å². The van der Waals surface area contributed by atoms with Gasteiger partial charge in [-0.3, -0.25) is 0 Å². The molecule has 0 aliphatic rings. The number of benzene rings is 1. The molecule has 0 aliphatic carbocycles. The molecule has 3 aromatic rings. The Kier molecular flexibility index (Phi) is 2.39. The van der Waals surface area contributed by atoms with Crippen molar-refractivity contribution in [2.24, 2.45) is 7.05 Å². The third kappa shape index (κ3) is 1.69. The van der Waals surface area contributed by atoms with Crippen molar-refractivity contribution in [3.8, 4) is 17.3 Å². The van der Waals surface area contributed by atoms with Gasteiger partial charge in [0, 0.05) is 19.5 Å². The highest BCUT2D eigenvalue weighted by atomic mass is 16.3. The van der Waals surface area contributed by atoms with Crippen molar-refractivity contribution in [2.45, 2.75) is 13.8 Å². The zero-order valence-corrected chi connectivity index (χ0v) is 10.9. The number of fused-ring (bicyclic) bond motifs is 1. The van der Waals surface area contributed by atoms with E-state index in [2.05, 4.69) is 16.0 Å². The van der Waals surface area contributed by atoms with Crippen LogP contribution in [0.15, 0.2) is 22.6 Å². The number of imidazole rings is 1. The molecule has 5 nitrogen and oxygen atoms in total. The Hall–Kier alpha value is -2.61. The zero-order valence-electron chi connectivity index (χ0n) is 10.9. The van der Waals surface area contributed by atoms with Gasteiger partial charge in [0.15, 0.2) is 17.2 Å². The molecule has 0 saturated carbocycles. The van der Waals surface area contributed by atoms with Crippen LogP contribution in [0, 0.1) is 25.2 Å². The topological polar surface area (TPSA) is 67.6 Å². The molecule has 0 spiro atoms. The molecule has 0 radical (unpaired) electrons. The standard InChI is InChI=1S/C14H12N4O/c1-8-16-12(7-15)14(18(8)3)10-4-5-11-13(6-10)19-9(2)17-11/h4-6H,1-3H3. The van der Waals surface area contributed by atoms with E-state index in [1.807, 2.05) is 43.7 Å². The van der Waals surface area contributed by atoms with Crippen molar-refractivity contribution < 1.29 is 4.42 Å². The van der Waals surface area contributed by atoms with Crippen LogP contribution in [0.4, 0.5) is 0 Å². The minimum Gasteiger partial charge on any atom is -0.441 e. The summed E-state index contributed by atoms with van der Waals surface area (Å²) in [7, 11) is 1.90. The van der Waals surface area contributed by atoms with Crippen molar-refractivity contribution in [3.05, 3.63) is 35.6 Å². The summed E-state index contributed by atoms with van der Waals surface area (Å²) in [6.07, 6.45) is 0. The summed E-state index contributed by atoms with van der Waals surface area (Å²) < 4.78 is 7.43. The highest BCUT2D eigenvalue weighted by Gasteiger charge is 2.15. The number of nitrogens with zero attached hydrogens (tertiary/aromatic N) is 4. The predicted molar refractivity (Wildman–Crippen MR) is 70.4 cm³/mol. The van der Waals surface area contributed by atoms with E-state index in [1.165, 1.54) is 0 Å². The van der Waals surface area contributed by atoms with Crippen LogP contribution in [0.25, 0.3) is 22.4 Å². The summed E-state index contributed by atoms with van der Waals surface area (Å²) in [6.45, 7) is 3.69. The van der Waals surface area contributed by atoms with E-state index >= 15 is 0 Å². The van der Waals surface area contributed by atoms with Gasteiger partial charge in [-0.25, -0.2) is 9.97 Å². The van der Waals surface area contributed by atoms with Gasteiger partial charge < -0.3 is 8.98 Å². The van der Waals surface area contributed by atoms with Crippen LogP contribution in [-0.4, -0.2) is 14.5 Å². The number of rotatable bonds is 1. The monoisotopic (exact) mass is 252 g/mol. The Morgan fingerprint density at radius 2 is 2.05 bits per heavy atom. The van der Waals surface area contributed by atoms with E-state index < -0.39 is 0 Å². The molecule has 2 aromatic heterocycles. The maximum absolute atomic E-state index is 9.17. The smallest absolute Gasteiger partial charge is 0.192 e.